The SMILES string of the molecule is C[C@@H](N=C1NS(=O)(=O)c2ccccc21)C(=O)NNC(=O)c1ccccc1Cl. The van der Waals surface area contributed by atoms with Gasteiger partial charge in [0, 0.05) is 5.56 Å². The van der Waals surface area contributed by atoms with Gasteiger partial charge in [-0.05, 0) is 31.2 Å². The van der Waals surface area contributed by atoms with Crippen LogP contribution >= 0.6 is 11.6 Å². The van der Waals surface area contributed by atoms with E-state index < -0.39 is 27.9 Å². The van der Waals surface area contributed by atoms with Crippen LogP contribution in [0.1, 0.15) is 22.8 Å². The molecule has 10 heteroatoms. The molecule has 3 N–H and O–H groups in total. The maximum absolute atomic E-state index is 12.2. The number of hydrazine groups is 1. The predicted molar refractivity (Wildman–Crippen MR) is 99.8 cm³/mol. The number of aliphatic imine (C=N–C) groups is 1. The normalized spacial score (nSPS) is 16.9. The van der Waals surface area contributed by atoms with Gasteiger partial charge in [0.2, 0.25) is 0 Å². The van der Waals surface area contributed by atoms with Gasteiger partial charge in [0.1, 0.15) is 11.9 Å². The molecule has 2 amide bonds. The number of rotatable bonds is 3. The monoisotopic (exact) mass is 406 g/mol. The molecule has 2 aromatic carbocycles. The minimum absolute atomic E-state index is 0.0747. The highest BCUT2D eigenvalue weighted by atomic mass is 35.5. The number of fused-ring (bicyclic) bond motifs is 1. The summed E-state index contributed by atoms with van der Waals surface area (Å²) in [5, 5.41) is 0.245. The van der Waals surface area contributed by atoms with Crippen molar-refractivity contribution in [2.75, 3.05) is 0 Å². The Morgan fingerprint density at radius 1 is 1.07 bits per heavy atom. The van der Waals surface area contributed by atoms with E-state index in [9.17, 15) is 18.0 Å². The van der Waals surface area contributed by atoms with E-state index in [0.717, 1.165) is 0 Å². The summed E-state index contributed by atoms with van der Waals surface area (Å²) in [6.45, 7) is 1.47. The molecular weight excluding hydrogens is 392 g/mol. The van der Waals surface area contributed by atoms with Crippen molar-refractivity contribution >= 4 is 39.3 Å². The van der Waals surface area contributed by atoms with Crippen LogP contribution in [-0.2, 0) is 14.8 Å². The van der Waals surface area contributed by atoms with Gasteiger partial charge in [-0.3, -0.25) is 30.2 Å². The number of carbonyl (C=O) groups is 2. The zero-order valence-corrected chi connectivity index (χ0v) is 15.6. The second-order valence-electron chi connectivity index (χ2n) is 5.68. The van der Waals surface area contributed by atoms with Gasteiger partial charge in [-0.1, -0.05) is 35.9 Å². The number of sulfonamides is 1. The van der Waals surface area contributed by atoms with E-state index in [1.807, 2.05) is 0 Å². The number of hydrogen-bond acceptors (Lipinski definition) is 5. The highest BCUT2D eigenvalue weighted by Gasteiger charge is 2.31. The second-order valence-corrected chi connectivity index (χ2v) is 7.74. The van der Waals surface area contributed by atoms with Crippen LogP contribution in [0, 0.1) is 0 Å². The summed E-state index contributed by atoms with van der Waals surface area (Å²) in [6, 6.07) is 11.7. The average Bonchev–Trinajstić information content (AvgIpc) is 2.90. The van der Waals surface area contributed by atoms with Crippen LogP contribution in [0.25, 0.3) is 0 Å². The average molecular weight is 407 g/mol. The van der Waals surface area contributed by atoms with Gasteiger partial charge in [-0.15, -0.1) is 0 Å². The Morgan fingerprint density at radius 2 is 1.74 bits per heavy atom. The van der Waals surface area contributed by atoms with Gasteiger partial charge in [0.25, 0.3) is 21.8 Å². The van der Waals surface area contributed by atoms with Crippen LogP contribution in [0.3, 0.4) is 0 Å². The Kier molecular flexibility index (Phi) is 5.15. The number of halogens is 1. The predicted octanol–water partition coefficient (Wildman–Crippen LogP) is 1.23. The van der Waals surface area contributed by atoms with Crippen molar-refractivity contribution in [3.63, 3.8) is 0 Å². The largest absolute Gasteiger partial charge is 0.271 e. The molecule has 0 aromatic heterocycles. The Morgan fingerprint density at radius 3 is 2.48 bits per heavy atom. The number of amidine groups is 1. The van der Waals surface area contributed by atoms with Crippen molar-refractivity contribution in [3.05, 3.63) is 64.7 Å². The van der Waals surface area contributed by atoms with E-state index in [4.69, 9.17) is 11.6 Å². The standard InChI is InChI=1S/C17H15ClN4O4S/c1-10(16(23)20-21-17(24)11-6-2-4-8-13(11)18)19-15-12-7-3-5-9-14(12)27(25,26)22-15/h2-10H,1H3,(H,19,22)(H,20,23)(H,21,24)/t10-/m1/s1. The minimum atomic E-state index is -3.69. The molecule has 1 heterocycles. The van der Waals surface area contributed by atoms with Crippen molar-refractivity contribution in [1.82, 2.24) is 15.6 Å². The first kappa shape index (κ1) is 18.9. The molecule has 0 saturated heterocycles. The summed E-state index contributed by atoms with van der Waals surface area (Å²) in [7, 11) is -3.69. The third-order valence-electron chi connectivity index (χ3n) is 3.78. The summed E-state index contributed by atoms with van der Waals surface area (Å²) >= 11 is 5.92. The number of amides is 2. The fraction of sp³-hybridized carbons (Fsp3) is 0.118. The third-order valence-corrected chi connectivity index (χ3v) is 5.51. The molecule has 0 aliphatic carbocycles. The van der Waals surface area contributed by atoms with Gasteiger partial charge in [0.15, 0.2) is 0 Å². The van der Waals surface area contributed by atoms with E-state index >= 15 is 0 Å². The van der Waals surface area contributed by atoms with Crippen LogP contribution in [0.2, 0.25) is 5.02 Å². The fourth-order valence-electron chi connectivity index (χ4n) is 2.42. The molecule has 0 unspecified atom stereocenters. The van der Waals surface area contributed by atoms with E-state index in [-0.39, 0.29) is 21.3 Å². The number of nitrogens with one attached hydrogen (secondary N) is 3. The number of carbonyl (C=O) groups excluding carboxylic acids is 2. The Bertz CT molecular complexity index is 1050. The van der Waals surface area contributed by atoms with Gasteiger partial charge in [-0.2, -0.15) is 0 Å². The van der Waals surface area contributed by atoms with Gasteiger partial charge >= 0.3 is 0 Å². The summed E-state index contributed by atoms with van der Waals surface area (Å²) in [5.74, 6) is -1.13. The summed E-state index contributed by atoms with van der Waals surface area (Å²) < 4.78 is 26.4. The van der Waals surface area contributed by atoms with Crippen LogP contribution in [0.5, 0.6) is 0 Å². The third kappa shape index (κ3) is 3.93. The molecule has 0 radical (unpaired) electrons. The lowest BCUT2D eigenvalue weighted by molar-refractivity contribution is -0.122. The van der Waals surface area contributed by atoms with E-state index in [1.54, 1.807) is 36.4 Å². The zero-order chi connectivity index (χ0) is 19.6. The molecule has 8 nitrogen and oxygen atoms in total. The van der Waals surface area contributed by atoms with Crippen molar-refractivity contribution in [3.8, 4) is 0 Å². The Labute approximate surface area is 160 Å². The molecule has 0 saturated carbocycles. The molecule has 1 aliphatic heterocycles. The summed E-state index contributed by atoms with van der Waals surface area (Å²) in [5.41, 5.74) is 5.09. The first-order chi connectivity index (χ1) is 12.8. The van der Waals surface area contributed by atoms with Crippen molar-refractivity contribution in [2.45, 2.75) is 17.9 Å². The molecule has 2 aromatic rings. The quantitative estimate of drug-likeness (QED) is 0.664. The molecule has 27 heavy (non-hydrogen) atoms. The fourth-order valence-corrected chi connectivity index (χ4v) is 3.88. The van der Waals surface area contributed by atoms with Crippen LogP contribution < -0.4 is 15.6 Å². The minimum Gasteiger partial charge on any atom is -0.271 e. The molecular formula is C17H15ClN4O4S. The summed E-state index contributed by atoms with van der Waals surface area (Å²) in [4.78, 5) is 28.4. The van der Waals surface area contributed by atoms with Crippen LogP contribution in [0.15, 0.2) is 58.4 Å². The lowest BCUT2D eigenvalue weighted by Gasteiger charge is -2.11. The Balaban J connectivity index is 1.69. The second kappa shape index (κ2) is 7.37. The van der Waals surface area contributed by atoms with Gasteiger partial charge < -0.3 is 0 Å². The number of nitrogens with zero attached hydrogens (tertiary/aromatic N) is 1. The Hall–Kier alpha value is -2.91. The van der Waals surface area contributed by atoms with Gasteiger partial charge in [-0.25, -0.2) is 8.42 Å². The highest BCUT2D eigenvalue weighted by molar-refractivity contribution is 7.90. The number of benzene rings is 2. The van der Waals surface area contributed by atoms with Crippen LogP contribution in [-0.4, -0.2) is 32.1 Å². The van der Waals surface area contributed by atoms with E-state index in [0.29, 0.717) is 5.56 Å². The molecule has 0 fully saturated rings. The van der Waals surface area contributed by atoms with Gasteiger partial charge in [0.05, 0.1) is 15.5 Å². The maximum atomic E-state index is 12.2. The molecule has 1 atom stereocenters. The molecule has 0 spiro atoms. The molecule has 0 bridgehead atoms. The zero-order valence-electron chi connectivity index (χ0n) is 14.1. The smallest absolute Gasteiger partial charge is 0.271 e. The molecule has 140 valence electrons. The molecule has 3 rings (SSSR count). The lowest BCUT2D eigenvalue weighted by Crippen LogP contribution is -2.45. The van der Waals surface area contributed by atoms with E-state index in [2.05, 4.69) is 20.6 Å². The van der Waals surface area contributed by atoms with Crippen molar-refractivity contribution in [2.24, 2.45) is 4.99 Å². The summed E-state index contributed by atoms with van der Waals surface area (Å²) in [6.07, 6.45) is 0. The topological polar surface area (TPSA) is 117 Å². The molecule has 1 aliphatic rings. The van der Waals surface area contributed by atoms with Crippen molar-refractivity contribution < 1.29 is 18.0 Å². The maximum Gasteiger partial charge on any atom is 0.271 e. The first-order valence-corrected chi connectivity index (χ1v) is 9.70. The lowest BCUT2D eigenvalue weighted by atomic mass is 10.2. The van der Waals surface area contributed by atoms with E-state index in [1.165, 1.54) is 19.1 Å². The van der Waals surface area contributed by atoms with Crippen LogP contribution in [0.4, 0.5) is 0 Å². The van der Waals surface area contributed by atoms with Crippen molar-refractivity contribution in [1.29, 1.82) is 0 Å². The number of hydrogen-bond donors (Lipinski definition) is 3. The highest BCUT2D eigenvalue weighted by Crippen LogP contribution is 2.22. The first-order valence-electron chi connectivity index (χ1n) is 7.84.